The average molecular weight is 526 g/mol. The summed E-state index contributed by atoms with van der Waals surface area (Å²) in [5.41, 5.74) is -2.27. The van der Waals surface area contributed by atoms with E-state index in [9.17, 15) is 22.0 Å². The second kappa shape index (κ2) is 9.92. The van der Waals surface area contributed by atoms with Crippen molar-refractivity contribution >= 4 is 16.7 Å². The fourth-order valence-corrected chi connectivity index (χ4v) is 4.47. The number of aryl methyl sites for hydroxylation is 1. The number of benzene rings is 2. The number of nitrogens with zero attached hydrogens (tertiary/aromatic N) is 2. The van der Waals surface area contributed by atoms with Gasteiger partial charge >= 0.3 is 6.18 Å². The highest BCUT2D eigenvalue weighted by Gasteiger charge is 2.37. The molecule has 1 unspecified atom stereocenters. The molecule has 11 heteroatoms. The van der Waals surface area contributed by atoms with E-state index in [0.29, 0.717) is 41.4 Å². The number of fused-ring (bicyclic) bond motifs is 1. The molecular formula is C26H28F5N3O3. The number of hydrogen-bond donors (Lipinski definition) is 1. The summed E-state index contributed by atoms with van der Waals surface area (Å²) in [6, 6.07) is 3.16. The average Bonchev–Trinajstić information content (AvgIpc) is 3.35. The number of nitrogens with one attached hydrogen (secondary N) is 1. The molecule has 1 aliphatic heterocycles. The molecule has 0 spiro atoms. The van der Waals surface area contributed by atoms with Crippen LogP contribution >= 0.6 is 0 Å². The van der Waals surface area contributed by atoms with E-state index in [2.05, 4.69) is 15.3 Å². The Morgan fingerprint density at radius 2 is 1.81 bits per heavy atom. The molecule has 1 aromatic heterocycles. The molecule has 2 atom stereocenters. The van der Waals surface area contributed by atoms with Gasteiger partial charge in [0.05, 0.1) is 30.8 Å². The molecule has 1 fully saturated rings. The normalized spacial score (nSPS) is 17.2. The molecule has 1 N–H and O–H groups in total. The van der Waals surface area contributed by atoms with Crippen molar-refractivity contribution in [2.45, 2.75) is 51.9 Å². The van der Waals surface area contributed by atoms with E-state index in [1.807, 2.05) is 13.8 Å². The molecule has 0 radical (unpaired) electrons. The molecule has 37 heavy (non-hydrogen) atoms. The number of aromatic nitrogens is 2. The molecule has 4 rings (SSSR count). The summed E-state index contributed by atoms with van der Waals surface area (Å²) in [6.07, 6.45) is -4.20. The fraction of sp³-hybridized carbons (Fsp3) is 0.462. The predicted molar refractivity (Wildman–Crippen MR) is 128 cm³/mol. The lowest BCUT2D eigenvalue weighted by atomic mass is 9.90. The van der Waals surface area contributed by atoms with Gasteiger partial charge in [0.25, 0.3) is 0 Å². The quantitative estimate of drug-likeness (QED) is 0.350. The largest absolute Gasteiger partial charge is 0.493 e. The first-order valence-electron chi connectivity index (χ1n) is 11.8. The first-order chi connectivity index (χ1) is 17.3. The van der Waals surface area contributed by atoms with Crippen molar-refractivity contribution in [3.63, 3.8) is 0 Å². The number of alkyl halides is 3. The zero-order valence-corrected chi connectivity index (χ0v) is 21.1. The Morgan fingerprint density at radius 3 is 2.43 bits per heavy atom. The van der Waals surface area contributed by atoms with Gasteiger partial charge in [-0.25, -0.2) is 18.7 Å². The number of anilines is 1. The van der Waals surface area contributed by atoms with Gasteiger partial charge in [-0.3, -0.25) is 0 Å². The summed E-state index contributed by atoms with van der Waals surface area (Å²) in [4.78, 5) is 8.81. The van der Waals surface area contributed by atoms with Crippen LogP contribution in [0.1, 0.15) is 50.2 Å². The minimum Gasteiger partial charge on any atom is -0.493 e. The Morgan fingerprint density at radius 1 is 1.08 bits per heavy atom. The molecule has 6 nitrogen and oxygen atoms in total. The van der Waals surface area contributed by atoms with Gasteiger partial charge in [-0.05, 0) is 52.3 Å². The number of halogens is 5. The summed E-state index contributed by atoms with van der Waals surface area (Å²) in [7, 11) is 1.50. The maximum atomic E-state index is 14.8. The Labute approximate surface area is 211 Å². The second-order valence-electron chi connectivity index (χ2n) is 9.63. The summed E-state index contributed by atoms with van der Waals surface area (Å²) in [5, 5.41) is 3.40. The zero-order chi connectivity index (χ0) is 27.1. The topological polar surface area (TPSA) is 65.5 Å². The highest BCUT2D eigenvalue weighted by atomic mass is 19.4. The first-order valence-corrected chi connectivity index (χ1v) is 11.8. The van der Waals surface area contributed by atoms with Crippen LogP contribution in [-0.2, 0) is 10.9 Å². The molecule has 200 valence electrons. The Balaban J connectivity index is 1.75. The van der Waals surface area contributed by atoms with Crippen molar-refractivity contribution in [1.82, 2.24) is 9.97 Å². The summed E-state index contributed by atoms with van der Waals surface area (Å²) >= 11 is 0. The van der Waals surface area contributed by atoms with Gasteiger partial charge in [0.2, 0.25) is 0 Å². The molecule has 1 aliphatic rings. The highest BCUT2D eigenvalue weighted by Crippen LogP contribution is 2.40. The van der Waals surface area contributed by atoms with E-state index < -0.39 is 40.6 Å². The highest BCUT2D eigenvalue weighted by molar-refractivity contribution is 5.92. The number of rotatable bonds is 7. The van der Waals surface area contributed by atoms with Crippen LogP contribution in [0.2, 0.25) is 0 Å². The monoisotopic (exact) mass is 525 g/mol. The maximum absolute atomic E-state index is 14.8. The van der Waals surface area contributed by atoms with Crippen LogP contribution < -0.4 is 14.8 Å². The van der Waals surface area contributed by atoms with Crippen LogP contribution in [0.5, 0.6) is 11.5 Å². The molecule has 0 bridgehead atoms. The maximum Gasteiger partial charge on any atom is 0.419 e. The van der Waals surface area contributed by atoms with E-state index in [0.717, 1.165) is 12.5 Å². The number of ether oxygens (including phenoxy) is 3. The van der Waals surface area contributed by atoms with Gasteiger partial charge in [-0.1, -0.05) is 0 Å². The number of methoxy groups -OCH3 is 1. The molecular weight excluding hydrogens is 497 g/mol. The minimum atomic E-state index is -5.04. The first kappa shape index (κ1) is 26.8. The molecule has 1 saturated heterocycles. The third kappa shape index (κ3) is 5.56. The lowest BCUT2D eigenvalue weighted by molar-refractivity contribution is -0.140. The van der Waals surface area contributed by atoms with Crippen molar-refractivity contribution in [3.8, 4) is 11.5 Å². The molecule has 0 aliphatic carbocycles. The number of hydrogen-bond acceptors (Lipinski definition) is 6. The van der Waals surface area contributed by atoms with Crippen molar-refractivity contribution in [2.24, 2.45) is 5.92 Å². The van der Waals surface area contributed by atoms with Crippen molar-refractivity contribution in [2.75, 3.05) is 25.6 Å². The Kier molecular flexibility index (Phi) is 7.20. The van der Waals surface area contributed by atoms with E-state index in [1.54, 1.807) is 19.1 Å². The second-order valence-corrected chi connectivity index (χ2v) is 9.63. The predicted octanol–water partition coefficient (Wildman–Crippen LogP) is 6.61. The molecule has 3 aromatic rings. The Bertz CT molecular complexity index is 1310. The smallest absolute Gasteiger partial charge is 0.419 e. The van der Waals surface area contributed by atoms with Crippen LogP contribution in [0.15, 0.2) is 24.3 Å². The summed E-state index contributed by atoms with van der Waals surface area (Å²) in [6.45, 7) is 8.18. The molecule has 0 saturated carbocycles. The Hall–Kier alpha value is -3.21. The standard InChI is InChI=1S/C26H28F5N3O3/c1-13(17-8-16(27)9-19(23(17)28)26(29,30)31)32-24-18-10-22(37-25(3,4)15-6-7-36-12-15)21(35-5)11-20(18)33-14(2)34-24/h8-11,13,15H,6-7,12H2,1-5H3,(H,32,33,34)/t13-,15?/m1/s1. The van der Waals surface area contributed by atoms with Gasteiger partial charge in [-0.2, -0.15) is 13.2 Å². The van der Waals surface area contributed by atoms with Crippen LogP contribution in [0.25, 0.3) is 10.9 Å². The third-order valence-corrected chi connectivity index (χ3v) is 6.57. The zero-order valence-electron chi connectivity index (χ0n) is 21.1. The van der Waals surface area contributed by atoms with E-state index >= 15 is 0 Å². The van der Waals surface area contributed by atoms with E-state index in [1.165, 1.54) is 14.0 Å². The lowest BCUT2D eigenvalue weighted by Gasteiger charge is -2.32. The SMILES string of the molecule is COc1cc2nc(C)nc(N[C@H](C)c3cc(F)cc(C(F)(F)F)c3F)c2cc1OC(C)(C)C1CCOC1. The molecule has 2 heterocycles. The van der Waals surface area contributed by atoms with Gasteiger partial charge in [-0.15, -0.1) is 0 Å². The third-order valence-electron chi connectivity index (χ3n) is 6.57. The van der Waals surface area contributed by atoms with Crippen LogP contribution in [0.4, 0.5) is 27.8 Å². The van der Waals surface area contributed by atoms with Crippen LogP contribution in [0, 0.1) is 24.5 Å². The summed E-state index contributed by atoms with van der Waals surface area (Å²) < 4.78 is 85.9. The van der Waals surface area contributed by atoms with Gasteiger partial charge in [0, 0.05) is 29.5 Å². The van der Waals surface area contributed by atoms with Crippen LogP contribution in [0.3, 0.4) is 0 Å². The van der Waals surface area contributed by atoms with Crippen LogP contribution in [-0.4, -0.2) is 35.9 Å². The molecule has 2 aromatic carbocycles. The van der Waals surface area contributed by atoms with Gasteiger partial charge in [0.1, 0.15) is 28.9 Å². The van der Waals surface area contributed by atoms with Gasteiger partial charge in [0.15, 0.2) is 11.5 Å². The fourth-order valence-electron chi connectivity index (χ4n) is 4.47. The lowest BCUT2D eigenvalue weighted by Crippen LogP contribution is -2.38. The van der Waals surface area contributed by atoms with Crippen molar-refractivity contribution in [1.29, 1.82) is 0 Å². The summed E-state index contributed by atoms with van der Waals surface area (Å²) in [5.74, 6) is -1.17. The van der Waals surface area contributed by atoms with E-state index in [-0.39, 0.29) is 17.8 Å². The van der Waals surface area contributed by atoms with Gasteiger partial charge < -0.3 is 19.5 Å². The van der Waals surface area contributed by atoms with E-state index in [4.69, 9.17) is 14.2 Å². The van der Waals surface area contributed by atoms with Crippen molar-refractivity contribution in [3.05, 3.63) is 52.9 Å². The molecule has 0 amide bonds. The minimum absolute atomic E-state index is 0.142. The van der Waals surface area contributed by atoms with Crippen molar-refractivity contribution < 1.29 is 36.2 Å².